The van der Waals surface area contributed by atoms with Crippen molar-refractivity contribution in [2.45, 2.75) is 38.8 Å². The van der Waals surface area contributed by atoms with E-state index in [0.717, 1.165) is 13.1 Å². The van der Waals surface area contributed by atoms with Gasteiger partial charge in [0.05, 0.1) is 0 Å². The molecule has 0 bridgehead atoms. The zero-order valence-corrected chi connectivity index (χ0v) is 10.8. The van der Waals surface area contributed by atoms with E-state index >= 15 is 0 Å². The first-order valence-electron chi connectivity index (χ1n) is 6.83. The number of nitrogens with two attached hydrogens (primary N) is 1. The number of likely N-dealkylation sites (tertiary alicyclic amines) is 1. The molecule has 1 fully saturated rings. The minimum Gasteiger partial charge on any atom is -0.330 e. The third kappa shape index (κ3) is 3.08. The second-order valence-electron chi connectivity index (χ2n) is 5.07. The maximum atomic E-state index is 5.90. The predicted octanol–water partition coefficient (Wildman–Crippen LogP) is 2.64. The summed E-state index contributed by atoms with van der Waals surface area (Å²) in [6, 6.07) is 11.5. The van der Waals surface area contributed by atoms with E-state index < -0.39 is 0 Å². The van der Waals surface area contributed by atoms with Crippen LogP contribution in [-0.4, -0.2) is 24.0 Å². The van der Waals surface area contributed by atoms with Gasteiger partial charge in [-0.15, -0.1) is 0 Å². The van der Waals surface area contributed by atoms with Gasteiger partial charge >= 0.3 is 0 Å². The molecular formula is C15H24N2. The van der Waals surface area contributed by atoms with Crippen LogP contribution in [0.3, 0.4) is 0 Å². The van der Waals surface area contributed by atoms with Crippen molar-refractivity contribution in [2.24, 2.45) is 11.7 Å². The molecule has 2 unspecified atom stereocenters. The normalized spacial score (nSPS) is 26.0. The Morgan fingerprint density at radius 3 is 2.71 bits per heavy atom. The summed E-state index contributed by atoms with van der Waals surface area (Å²) in [4.78, 5) is 2.62. The minimum atomic E-state index is 0.675. The lowest BCUT2D eigenvalue weighted by atomic mass is 9.87. The second kappa shape index (κ2) is 6.18. The lowest BCUT2D eigenvalue weighted by Crippen LogP contribution is -2.46. The molecule has 1 aromatic rings. The van der Waals surface area contributed by atoms with Gasteiger partial charge in [-0.3, -0.25) is 4.90 Å². The average molecular weight is 232 g/mol. The Bertz CT molecular complexity index is 323. The molecule has 0 saturated carbocycles. The molecule has 2 atom stereocenters. The van der Waals surface area contributed by atoms with Crippen molar-refractivity contribution in [1.29, 1.82) is 0 Å². The summed E-state index contributed by atoms with van der Waals surface area (Å²) < 4.78 is 0. The lowest BCUT2D eigenvalue weighted by molar-refractivity contribution is 0.0857. The molecule has 1 aliphatic heterocycles. The quantitative estimate of drug-likeness (QED) is 0.864. The standard InChI is InChI=1S/C15H24N2/c1-2-15-14(11-16)9-6-10-17(15)12-13-7-4-3-5-8-13/h3-5,7-8,14-15H,2,6,9-12,16H2,1H3. The number of nitrogens with zero attached hydrogens (tertiary/aromatic N) is 1. The molecule has 1 heterocycles. The van der Waals surface area contributed by atoms with Crippen LogP contribution in [0.2, 0.25) is 0 Å². The van der Waals surface area contributed by atoms with Gasteiger partial charge in [0.15, 0.2) is 0 Å². The van der Waals surface area contributed by atoms with Gasteiger partial charge in [0.1, 0.15) is 0 Å². The molecule has 2 N–H and O–H groups in total. The van der Waals surface area contributed by atoms with Gasteiger partial charge in [0.2, 0.25) is 0 Å². The molecule has 1 aliphatic rings. The Morgan fingerprint density at radius 2 is 2.06 bits per heavy atom. The Balaban J connectivity index is 2.03. The zero-order valence-electron chi connectivity index (χ0n) is 10.8. The maximum Gasteiger partial charge on any atom is 0.0236 e. The molecular weight excluding hydrogens is 208 g/mol. The zero-order chi connectivity index (χ0) is 12.1. The Hall–Kier alpha value is -0.860. The minimum absolute atomic E-state index is 0.675. The maximum absolute atomic E-state index is 5.90. The molecule has 2 nitrogen and oxygen atoms in total. The van der Waals surface area contributed by atoms with Gasteiger partial charge in [-0.25, -0.2) is 0 Å². The van der Waals surface area contributed by atoms with Gasteiger partial charge in [0, 0.05) is 12.6 Å². The van der Waals surface area contributed by atoms with Crippen molar-refractivity contribution >= 4 is 0 Å². The smallest absolute Gasteiger partial charge is 0.0236 e. The van der Waals surface area contributed by atoms with E-state index in [0.29, 0.717) is 12.0 Å². The third-order valence-electron chi connectivity index (χ3n) is 3.98. The van der Waals surface area contributed by atoms with Crippen LogP contribution in [0.5, 0.6) is 0 Å². The van der Waals surface area contributed by atoms with Crippen LogP contribution < -0.4 is 5.73 Å². The van der Waals surface area contributed by atoms with E-state index in [1.54, 1.807) is 0 Å². The average Bonchev–Trinajstić information content (AvgIpc) is 2.39. The fourth-order valence-electron chi connectivity index (χ4n) is 3.09. The first-order valence-corrected chi connectivity index (χ1v) is 6.83. The number of piperidine rings is 1. The summed E-state index contributed by atoms with van der Waals surface area (Å²) in [6.45, 7) is 5.43. The van der Waals surface area contributed by atoms with E-state index in [4.69, 9.17) is 5.73 Å². The molecule has 0 radical (unpaired) electrons. The number of benzene rings is 1. The fraction of sp³-hybridized carbons (Fsp3) is 0.600. The third-order valence-corrected chi connectivity index (χ3v) is 3.98. The molecule has 94 valence electrons. The topological polar surface area (TPSA) is 29.3 Å². The number of hydrogen-bond acceptors (Lipinski definition) is 2. The Morgan fingerprint density at radius 1 is 1.29 bits per heavy atom. The van der Waals surface area contributed by atoms with Gasteiger partial charge in [0.25, 0.3) is 0 Å². The monoisotopic (exact) mass is 232 g/mol. The van der Waals surface area contributed by atoms with Gasteiger partial charge in [-0.2, -0.15) is 0 Å². The highest BCUT2D eigenvalue weighted by atomic mass is 15.2. The summed E-state index contributed by atoms with van der Waals surface area (Å²) in [5, 5.41) is 0. The predicted molar refractivity (Wildman–Crippen MR) is 72.7 cm³/mol. The molecule has 0 aliphatic carbocycles. The highest BCUT2D eigenvalue weighted by Gasteiger charge is 2.28. The molecule has 2 heteroatoms. The summed E-state index contributed by atoms with van der Waals surface area (Å²) in [6.07, 6.45) is 3.82. The van der Waals surface area contributed by atoms with Gasteiger partial charge < -0.3 is 5.73 Å². The summed E-state index contributed by atoms with van der Waals surface area (Å²) in [5.74, 6) is 0.692. The van der Waals surface area contributed by atoms with E-state index in [1.165, 1.54) is 31.4 Å². The van der Waals surface area contributed by atoms with Crippen molar-refractivity contribution in [1.82, 2.24) is 4.90 Å². The first kappa shape index (κ1) is 12.6. The summed E-state index contributed by atoms with van der Waals surface area (Å²) >= 11 is 0. The highest BCUT2D eigenvalue weighted by Crippen LogP contribution is 2.26. The Labute approximate surface area is 105 Å². The van der Waals surface area contributed by atoms with Crippen molar-refractivity contribution in [3.8, 4) is 0 Å². The van der Waals surface area contributed by atoms with Crippen LogP contribution in [0.15, 0.2) is 30.3 Å². The molecule has 0 aromatic heterocycles. The lowest BCUT2D eigenvalue weighted by Gasteiger charge is -2.40. The first-order chi connectivity index (χ1) is 8.35. The van der Waals surface area contributed by atoms with Crippen LogP contribution >= 0.6 is 0 Å². The highest BCUT2D eigenvalue weighted by molar-refractivity contribution is 5.14. The van der Waals surface area contributed by atoms with Crippen molar-refractivity contribution in [3.05, 3.63) is 35.9 Å². The van der Waals surface area contributed by atoms with Crippen molar-refractivity contribution in [2.75, 3.05) is 13.1 Å². The Kier molecular flexibility index (Phi) is 4.57. The SMILES string of the molecule is CCC1C(CN)CCCN1Cc1ccccc1. The summed E-state index contributed by atoms with van der Waals surface area (Å²) in [5.41, 5.74) is 7.32. The van der Waals surface area contributed by atoms with Crippen LogP contribution in [0, 0.1) is 5.92 Å². The van der Waals surface area contributed by atoms with E-state index in [-0.39, 0.29) is 0 Å². The summed E-state index contributed by atoms with van der Waals surface area (Å²) in [7, 11) is 0. The van der Waals surface area contributed by atoms with Crippen molar-refractivity contribution < 1.29 is 0 Å². The number of rotatable bonds is 4. The molecule has 2 rings (SSSR count). The van der Waals surface area contributed by atoms with Crippen LogP contribution in [-0.2, 0) is 6.54 Å². The fourth-order valence-corrected chi connectivity index (χ4v) is 3.09. The molecule has 17 heavy (non-hydrogen) atoms. The molecule has 0 amide bonds. The van der Waals surface area contributed by atoms with E-state index in [2.05, 4.69) is 42.2 Å². The van der Waals surface area contributed by atoms with Crippen molar-refractivity contribution in [3.63, 3.8) is 0 Å². The number of hydrogen-bond donors (Lipinski definition) is 1. The van der Waals surface area contributed by atoms with Crippen LogP contribution in [0.1, 0.15) is 31.7 Å². The molecule has 1 aromatic carbocycles. The second-order valence-corrected chi connectivity index (χ2v) is 5.07. The molecule has 1 saturated heterocycles. The molecule has 0 spiro atoms. The van der Waals surface area contributed by atoms with Gasteiger partial charge in [-0.1, -0.05) is 37.3 Å². The van der Waals surface area contributed by atoms with E-state index in [1.807, 2.05) is 0 Å². The largest absolute Gasteiger partial charge is 0.330 e. The van der Waals surface area contributed by atoms with Crippen LogP contribution in [0.25, 0.3) is 0 Å². The van der Waals surface area contributed by atoms with Gasteiger partial charge in [-0.05, 0) is 43.8 Å². The van der Waals surface area contributed by atoms with Crippen LogP contribution in [0.4, 0.5) is 0 Å². The van der Waals surface area contributed by atoms with E-state index in [9.17, 15) is 0 Å².